The van der Waals surface area contributed by atoms with Crippen molar-refractivity contribution >= 4 is 17.8 Å². The lowest BCUT2D eigenvalue weighted by molar-refractivity contribution is 0.0733. The Morgan fingerprint density at radius 3 is 2.38 bits per heavy atom. The number of carbonyl (C=O) groups excluding carboxylic acids is 2. The number of halogens is 1. The minimum Gasteiger partial charge on any atom is -0.497 e. The number of ketones is 1. The summed E-state index contributed by atoms with van der Waals surface area (Å²) in [7, 11) is 1.47. The van der Waals surface area contributed by atoms with E-state index >= 15 is 0 Å². The Hall–Kier alpha value is -3.73. The first-order chi connectivity index (χ1) is 14.0. The molecule has 0 spiro atoms. The summed E-state index contributed by atoms with van der Waals surface area (Å²) in [6.07, 6.45) is 2.62. The van der Waals surface area contributed by atoms with Crippen molar-refractivity contribution in [2.24, 2.45) is 0 Å². The molecule has 3 aromatic rings. The highest BCUT2D eigenvalue weighted by molar-refractivity contribution is 6.09. The molecule has 0 saturated heterocycles. The molecule has 0 radical (unpaired) electrons. The second-order valence-electron chi connectivity index (χ2n) is 6.34. The highest BCUT2D eigenvalue weighted by atomic mass is 19.1. The molecule has 0 aromatic heterocycles. The third-order valence-corrected chi connectivity index (χ3v) is 4.26. The number of ether oxygens (including phenoxy) is 2. The second-order valence-corrected chi connectivity index (χ2v) is 6.34. The average Bonchev–Trinajstić information content (AvgIpc) is 2.73. The van der Waals surface area contributed by atoms with Crippen molar-refractivity contribution in [3.05, 3.63) is 101 Å². The van der Waals surface area contributed by atoms with Crippen molar-refractivity contribution in [2.45, 2.75) is 6.92 Å². The zero-order chi connectivity index (χ0) is 20.8. The fourth-order valence-corrected chi connectivity index (χ4v) is 2.63. The Bertz CT molecular complexity index is 1070. The van der Waals surface area contributed by atoms with E-state index in [0.29, 0.717) is 11.3 Å². The van der Waals surface area contributed by atoms with Crippen molar-refractivity contribution in [3.63, 3.8) is 0 Å². The van der Waals surface area contributed by atoms with Gasteiger partial charge in [0.2, 0.25) is 0 Å². The summed E-state index contributed by atoms with van der Waals surface area (Å²) in [5.41, 5.74) is 1.82. The van der Waals surface area contributed by atoms with Crippen LogP contribution in [-0.4, -0.2) is 18.9 Å². The van der Waals surface area contributed by atoms with Crippen LogP contribution >= 0.6 is 0 Å². The number of hydrogen-bond acceptors (Lipinski definition) is 4. The molecule has 146 valence electrons. The molecule has 0 aliphatic rings. The number of carbonyl (C=O) groups is 2. The minimum atomic E-state index is -0.592. The zero-order valence-corrected chi connectivity index (χ0v) is 16.0. The number of rotatable bonds is 6. The van der Waals surface area contributed by atoms with Gasteiger partial charge in [-0.05, 0) is 49.4 Å². The van der Waals surface area contributed by atoms with Crippen LogP contribution in [0.4, 0.5) is 4.39 Å². The molecule has 0 atom stereocenters. The third kappa shape index (κ3) is 4.96. The van der Waals surface area contributed by atoms with E-state index in [1.807, 2.05) is 6.92 Å². The summed E-state index contributed by atoms with van der Waals surface area (Å²) in [4.78, 5) is 25.2. The summed E-state index contributed by atoms with van der Waals surface area (Å²) in [5.74, 6) is -0.949. The molecule has 0 bridgehead atoms. The first-order valence-corrected chi connectivity index (χ1v) is 8.92. The minimum absolute atomic E-state index is 0.0677. The molecular formula is C24H19FO4. The molecule has 0 unspecified atom stereocenters. The van der Waals surface area contributed by atoms with Gasteiger partial charge in [0.05, 0.1) is 18.2 Å². The summed E-state index contributed by atoms with van der Waals surface area (Å²) in [5, 5.41) is 0. The van der Waals surface area contributed by atoms with Gasteiger partial charge in [-0.15, -0.1) is 0 Å². The highest BCUT2D eigenvalue weighted by Gasteiger charge is 2.16. The molecular weight excluding hydrogens is 371 g/mol. The summed E-state index contributed by atoms with van der Waals surface area (Å²) < 4.78 is 24.4. The fourth-order valence-electron chi connectivity index (χ4n) is 2.63. The molecule has 0 heterocycles. The van der Waals surface area contributed by atoms with E-state index < -0.39 is 17.6 Å². The predicted octanol–water partition coefficient (Wildman–Crippen LogP) is 5.26. The number of benzene rings is 3. The maximum absolute atomic E-state index is 13.8. The van der Waals surface area contributed by atoms with Crippen LogP contribution in [0.2, 0.25) is 0 Å². The summed E-state index contributed by atoms with van der Waals surface area (Å²) in [6, 6.07) is 17.6. The average molecular weight is 390 g/mol. The lowest BCUT2D eigenvalue weighted by Crippen LogP contribution is -2.11. The van der Waals surface area contributed by atoms with Crippen molar-refractivity contribution in [1.29, 1.82) is 0 Å². The molecule has 3 rings (SSSR count). The Morgan fingerprint density at radius 2 is 1.69 bits per heavy atom. The largest absolute Gasteiger partial charge is 0.497 e. The Morgan fingerprint density at radius 1 is 0.966 bits per heavy atom. The first-order valence-electron chi connectivity index (χ1n) is 8.92. The molecule has 0 aliphatic heterocycles. The number of allylic oxidation sites excluding steroid dienone is 1. The van der Waals surface area contributed by atoms with Gasteiger partial charge in [0, 0.05) is 11.6 Å². The van der Waals surface area contributed by atoms with Crippen molar-refractivity contribution in [1.82, 2.24) is 0 Å². The van der Waals surface area contributed by atoms with Gasteiger partial charge in [0.1, 0.15) is 17.3 Å². The van der Waals surface area contributed by atoms with E-state index in [2.05, 4.69) is 0 Å². The van der Waals surface area contributed by atoms with Gasteiger partial charge >= 0.3 is 5.97 Å². The van der Waals surface area contributed by atoms with Crippen LogP contribution in [-0.2, 0) is 0 Å². The molecule has 0 saturated carbocycles. The van der Waals surface area contributed by atoms with Crippen LogP contribution in [0.3, 0.4) is 0 Å². The molecule has 0 amide bonds. The van der Waals surface area contributed by atoms with E-state index in [9.17, 15) is 14.0 Å². The number of esters is 1. The molecule has 0 fully saturated rings. The molecule has 4 nitrogen and oxygen atoms in total. The summed E-state index contributed by atoms with van der Waals surface area (Å²) >= 11 is 0. The highest BCUT2D eigenvalue weighted by Crippen LogP contribution is 2.27. The van der Waals surface area contributed by atoms with Crippen LogP contribution < -0.4 is 9.47 Å². The van der Waals surface area contributed by atoms with Crippen LogP contribution in [0.25, 0.3) is 6.08 Å². The Balaban J connectivity index is 1.88. The van der Waals surface area contributed by atoms with E-state index in [4.69, 9.17) is 9.47 Å². The SMILES string of the molecule is COc1ccc(C(=O)C=Cc2ccccc2F)c(OC(=O)c2ccc(C)cc2)c1. The first kappa shape index (κ1) is 20.0. The second kappa shape index (κ2) is 8.97. The molecule has 5 heteroatoms. The van der Waals surface area contributed by atoms with E-state index in [0.717, 1.165) is 5.56 Å². The zero-order valence-electron chi connectivity index (χ0n) is 16.0. The van der Waals surface area contributed by atoms with Crippen molar-refractivity contribution in [2.75, 3.05) is 7.11 Å². The van der Waals surface area contributed by atoms with E-state index in [1.165, 1.54) is 37.5 Å². The van der Waals surface area contributed by atoms with Gasteiger partial charge in [-0.3, -0.25) is 4.79 Å². The molecule has 0 aliphatic carbocycles. The van der Waals surface area contributed by atoms with Gasteiger partial charge in [-0.25, -0.2) is 9.18 Å². The van der Waals surface area contributed by atoms with Gasteiger partial charge in [0.25, 0.3) is 0 Å². The lowest BCUT2D eigenvalue weighted by atomic mass is 10.1. The summed E-state index contributed by atoms with van der Waals surface area (Å²) in [6.45, 7) is 1.91. The standard InChI is InChI=1S/C24H19FO4/c1-16-7-9-18(10-8-16)24(27)29-23-15-19(28-2)12-13-20(23)22(26)14-11-17-5-3-4-6-21(17)25/h3-15H,1-2H3. The van der Waals surface area contributed by atoms with Crippen LogP contribution in [0.15, 0.2) is 72.8 Å². The van der Waals surface area contributed by atoms with Gasteiger partial charge in [0.15, 0.2) is 5.78 Å². The lowest BCUT2D eigenvalue weighted by Gasteiger charge is -2.10. The Kier molecular flexibility index (Phi) is 6.19. The van der Waals surface area contributed by atoms with Gasteiger partial charge in [-0.2, -0.15) is 0 Å². The topological polar surface area (TPSA) is 52.6 Å². The fraction of sp³-hybridized carbons (Fsp3) is 0.0833. The van der Waals surface area contributed by atoms with Crippen LogP contribution in [0, 0.1) is 12.7 Å². The maximum atomic E-state index is 13.8. The third-order valence-electron chi connectivity index (χ3n) is 4.26. The molecule has 29 heavy (non-hydrogen) atoms. The van der Waals surface area contributed by atoms with Gasteiger partial charge in [-0.1, -0.05) is 35.9 Å². The predicted molar refractivity (Wildman–Crippen MR) is 109 cm³/mol. The molecule has 3 aromatic carbocycles. The van der Waals surface area contributed by atoms with Crippen LogP contribution in [0.5, 0.6) is 11.5 Å². The van der Waals surface area contributed by atoms with E-state index in [-0.39, 0.29) is 16.9 Å². The maximum Gasteiger partial charge on any atom is 0.343 e. The van der Waals surface area contributed by atoms with E-state index in [1.54, 1.807) is 48.5 Å². The normalized spacial score (nSPS) is 10.7. The number of hydrogen-bond donors (Lipinski definition) is 0. The molecule has 0 N–H and O–H groups in total. The smallest absolute Gasteiger partial charge is 0.343 e. The number of aryl methyl sites for hydroxylation is 1. The monoisotopic (exact) mass is 390 g/mol. The van der Waals surface area contributed by atoms with Gasteiger partial charge < -0.3 is 9.47 Å². The van der Waals surface area contributed by atoms with Crippen molar-refractivity contribution in [3.8, 4) is 11.5 Å². The number of methoxy groups -OCH3 is 1. The van der Waals surface area contributed by atoms with Crippen LogP contribution in [0.1, 0.15) is 31.8 Å². The van der Waals surface area contributed by atoms with Crippen molar-refractivity contribution < 1.29 is 23.5 Å². The quantitative estimate of drug-likeness (QED) is 0.249. The Labute approximate surface area is 168 Å².